The summed E-state index contributed by atoms with van der Waals surface area (Å²) in [6.45, 7) is 0.763. The van der Waals surface area contributed by atoms with Gasteiger partial charge in [0.25, 0.3) is 5.56 Å². The molecule has 0 bridgehead atoms. The molecule has 0 amide bonds. The van der Waals surface area contributed by atoms with E-state index in [4.69, 9.17) is 0 Å². The van der Waals surface area contributed by atoms with Gasteiger partial charge in [-0.2, -0.15) is 0 Å². The summed E-state index contributed by atoms with van der Waals surface area (Å²) in [6, 6.07) is 14.1. The van der Waals surface area contributed by atoms with Crippen LogP contribution in [0, 0.1) is 0 Å². The Kier molecular flexibility index (Phi) is 4.13. The number of aliphatic hydroxyl groups is 1. The Bertz CT molecular complexity index is 1110. The first kappa shape index (κ1) is 16.0. The Balaban J connectivity index is 2.06. The van der Waals surface area contributed by atoms with E-state index in [0.717, 1.165) is 44.2 Å². The molecule has 0 fully saturated rings. The van der Waals surface area contributed by atoms with Crippen LogP contribution in [0.1, 0.15) is 11.1 Å². The van der Waals surface area contributed by atoms with Gasteiger partial charge in [-0.1, -0.05) is 30.3 Å². The van der Waals surface area contributed by atoms with Crippen molar-refractivity contribution >= 4 is 32.3 Å². The zero-order valence-corrected chi connectivity index (χ0v) is 14.6. The van der Waals surface area contributed by atoms with Crippen LogP contribution in [0.15, 0.2) is 52.6 Å². The highest BCUT2D eigenvalue weighted by molar-refractivity contribution is 7.17. The van der Waals surface area contributed by atoms with E-state index in [-0.39, 0.29) is 12.2 Å². The van der Waals surface area contributed by atoms with Gasteiger partial charge in [0, 0.05) is 22.8 Å². The number of nitrogens with one attached hydrogen (secondary N) is 2. The van der Waals surface area contributed by atoms with Gasteiger partial charge in [0.2, 0.25) is 0 Å². The number of pyridine rings is 1. The topological polar surface area (TPSA) is 65.1 Å². The molecule has 0 unspecified atom stereocenters. The van der Waals surface area contributed by atoms with E-state index in [9.17, 15) is 9.90 Å². The minimum Gasteiger partial charge on any atom is -0.392 e. The van der Waals surface area contributed by atoms with E-state index >= 15 is 0 Å². The second kappa shape index (κ2) is 6.44. The van der Waals surface area contributed by atoms with Gasteiger partial charge in [-0.3, -0.25) is 4.79 Å². The highest BCUT2D eigenvalue weighted by Gasteiger charge is 2.15. The molecule has 2 aromatic heterocycles. The Labute approximate surface area is 148 Å². The zero-order valence-electron chi connectivity index (χ0n) is 13.8. The monoisotopic (exact) mass is 350 g/mol. The lowest BCUT2D eigenvalue weighted by atomic mass is 9.93. The average molecular weight is 350 g/mol. The largest absolute Gasteiger partial charge is 0.392 e. The van der Waals surface area contributed by atoms with Crippen molar-refractivity contribution in [1.29, 1.82) is 0 Å². The molecule has 0 radical (unpaired) electrons. The second-order valence-electron chi connectivity index (χ2n) is 6.03. The van der Waals surface area contributed by atoms with Crippen LogP contribution in [0.4, 0.5) is 0 Å². The van der Waals surface area contributed by atoms with Crippen LogP contribution in [-0.4, -0.2) is 17.1 Å². The fourth-order valence-electron chi connectivity index (χ4n) is 3.35. The van der Waals surface area contributed by atoms with E-state index in [1.165, 1.54) is 16.9 Å². The molecule has 0 aliphatic carbocycles. The molecule has 25 heavy (non-hydrogen) atoms. The smallest absolute Gasteiger partial charge is 0.266 e. The third kappa shape index (κ3) is 2.66. The molecule has 2 aromatic carbocycles. The van der Waals surface area contributed by atoms with Gasteiger partial charge in [0.15, 0.2) is 0 Å². The fraction of sp³-hybridized carbons (Fsp3) is 0.150. The number of hydrogen-bond acceptors (Lipinski definition) is 4. The lowest BCUT2D eigenvalue weighted by Gasteiger charge is -2.13. The van der Waals surface area contributed by atoms with Crippen LogP contribution in [0.25, 0.3) is 32.1 Å². The van der Waals surface area contributed by atoms with Crippen LogP contribution in [0.3, 0.4) is 0 Å². The molecule has 0 aliphatic rings. The predicted octanol–water partition coefficient (Wildman–Crippen LogP) is 3.62. The van der Waals surface area contributed by atoms with Crippen molar-refractivity contribution in [2.45, 2.75) is 13.2 Å². The SMILES string of the molecule is CNCc1ccc(-c2c(CO)ccc3[nH]c(=O)c4sccc4c23)cc1. The van der Waals surface area contributed by atoms with E-state index in [1.54, 1.807) is 0 Å². The number of rotatable bonds is 4. The molecule has 0 saturated carbocycles. The summed E-state index contributed by atoms with van der Waals surface area (Å²) >= 11 is 1.44. The van der Waals surface area contributed by atoms with Crippen LogP contribution >= 0.6 is 11.3 Å². The number of thiophene rings is 1. The Morgan fingerprint density at radius 1 is 1.12 bits per heavy atom. The van der Waals surface area contributed by atoms with Crippen molar-refractivity contribution in [1.82, 2.24) is 10.3 Å². The maximum atomic E-state index is 12.3. The van der Waals surface area contributed by atoms with Gasteiger partial charge in [0.1, 0.15) is 4.70 Å². The second-order valence-corrected chi connectivity index (χ2v) is 6.94. The van der Waals surface area contributed by atoms with E-state index in [0.29, 0.717) is 0 Å². The van der Waals surface area contributed by atoms with E-state index in [1.807, 2.05) is 30.6 Å². The number of aromatic amines is 1. The summed E-state index contributed by atoms with van der Waals surface area (Å²) in [5.41, 5.74) is 4.80. The molecule has 4 aromatic rings. The minimum atomic E-state index is -0.0652. The molecule has 0 atom stereocenters. The Morgan fingerprint density at radius 2 is 1.92 bits per heavy atom. The van der Waals surface area contributed by atoms with Crippen LogP contribution in [-0.2, 0) is 13.2 Å². The van der Waals surface area contributed by atoms with Gasteiger partial charge < -0.3 is 15.4 Å². The third-order valence-corrected chi connectivity index (χ3v) is 5.39. The predicted molar refractivity (Wildman–Crippen MR) is 104 cm³/mol. The first-order valence-electron chi connectivity index (χ1n) is 8.12. The van der Waals surface area contributed by atoms with Gasteiger partial charge in [-0.25, -0.2) is 0 Å². The maximum Gasteiger partial charge on any atom is 0.266 e. The van der Waals surface area contributed by atoms with Gasteiger partial charge >= 0.3 is 0 Å². The lowest BCUT2D eigenvalue weighted by molar-refractivity contribution is 0.282. The first-order valence-corrected chi connectivity index (χ1v) is 9.00. The highest BCUT2D eigenvalue weighted by Crippen LogP contribution is 2.36. The molecule has 126 valence electrons. The molecule has 0 saturated heterocycles. The van der Waals surface area contributed by atoms with Gasteiger partial charge in [-0.05, 0) is 46.8 Å². The molecule has 0 aliphatic heterocycles. The van der Waals surface area contributed by atoms with Crippen molar-refractivity contribution in [2.24, 2.45) is 0 Å². The number of hydrogen-bond donors (Lipinski definition) is 3. The number of aromatic nitrogens is 1. The summed E-state index contributed by atoms with van der Waals surface area (Å²) in [5.74, 6) is 0. The van der Waals surface area contributed by atoms with Crippen LogP contribution < -0.4 is 10.9 Å². The van der Waals surface area contributed by atoms with Gasteiger partial charge in [0.05, 0.1) is 6.61 Å². The van der Waals surface area contributed by atoms with E-state index in [2.05, 4.69) is 34.6 Å². The molecule has 4 rings (SSSR count). The van der Waals surface area contributed by atoms with Crippen LogP contribution in [0.5, 0.6) is 0 Å². The van der Waals surface area contributed by atoms with Gasteiger partial charge in [-0.15, -0.1) is 11.3 Å². The molecule has 4 nitrogen and oxygen atoms in total. The lowest BCUT2D eigenvalue weighted by Crippen LogP contribution is -2.06. The highest BCUT2D eigenvalue weighted by atomic mass is 32.1. The van der Waals surface area contributed by atoms with Crippen molar-refractivity contribution in [2.75, 3.05) is 7.05 Å². The average Bonchev–Trinajstić information content (AvgIpc) is 3.12. The van der Waals surface area contributed by atoms with Crippen molar-refractivity contribution in [3.63, 3.8) is 0 Å². The van der Waals surface area contributed by atoms with Crippen LogP contribution in [0.2, 0.25) is 0 Å². The third-order valence-electron chi connectivity index (χ3n) is 4.47. The number of aliphatic hydroxyl groups excluding tert-OH is 1. The standard InChI is InChI=1S/C20H18N2O2S/c1-21-10-12-2-4-13(5-3-12)17-14(11-23)6-7-16-18(17)15-8-9-25-19(15)20(24)22-16/h2-9,21,23H,10-11H2,1H3,(H,22,24). The first-order chi connectivity index (χ1) is 12.2. The minimum absolute atomic E-state index is 0.0473. The van der Waals surface area contributed by atoms with Crippen molar-refractivity contribution in [3.8, 4) is 11.1 Å². The summed E-state index contributed by atoms with van der Waals surface area (Å²) in [4.78, 5) is 15.2. The normalized spacial score (nSPS) is 11.4. The Hall–Kier alpha value is -2.47. The summed E-state index contributed by atoms with van der Waals surface area (Å²) in [5, 5.41) is 16.9. The molecule has 5 heteroatoms. The fourth-order valence-corrected chi connectivity index (χ4v) is 4.14. The van der Waals surface area contributed by atoms with Crippen molar-refractivity contribution in [3.05, 3.63) is 69.3 Å². The number of benzene rings is 2. The summed E-state index contributed by atoms with van der Waals surface area (Å²) < 4.78 is 0.718. The summed E-state index contributed by atoms with van der Waals surface area (Å²) in [6.07, 6.45) is 0. The summed E-state index contributed by atoms with van der Waals surface area (Å²) in [7, 11) is 1.92. The van der Waals surface area contributed by atoms with Crippen molar-refractivity contribution < 1.29 is 5.11 Å². The maximum absolute atomic E-state index is 12.3. The Morgan fingerprint density at radius 3 is 2.64 bits per heavy atom. The quantitative estimate of drug-likeness (QED) is 0.527. The molecular formula is C20H18N2O2S. The zero-order chi connectivity index (χ0) is 17.4. The molecule has 3 N–H and O–H groups in total. The molecule has 0 spiro atoms. The van der Waals surface area contributed by atoms with E-state index < -0.39 is 0 Å². The number of fused-ring (bicyclic) bond motifs is 3. The molecular weight excluding hydrogens is 332 g/mol. The number of H-pyrrole nitrogens is 1. The molecule has 2 heterocycles.